The van der Waals surface area contributed by atoms with E-state index in [-0.39, 0.29) is 23.6 Å². The van der Waals surface area contributed by atoms with Gasteiger partial charge in [-0.05, 0) is 33.4 Å². The normalized spacial score (nSPS) is 10.2. The number of hydrogen-bond acceptors (Lipinski definition) is 5. The highest BCUT2D eigenvalue weighted by Gasteiger charge is 2.23. The third kappa shape index (κ3) is 2.97. The number of nitro benzene ring substituents is 1. The summed E-state index contributed by atoms with van der Waals surface area (Å²) in [5.74, 6) is -1.50. The van der Waals surface area contributed by atoms with Gasteiger partial charge < -0.3 is 9.84 Å². The Morgan fingerprint density at radius 3 is 2.75 bits per heavy atom. The number of thiophene rings is 1. The summed E-state index contributed by atoms with van der Waals surface area (Å²) in [5, 5.41) is 21.9. The fourth-order valence-corrected chi connectivity index (χ4v) is 2.93. The fraction of sp³-hybridized carbons (Fsp3) is 0.0833. The minimum atomic E-state index is -1.27. The van der Waals surface area contributed by atoms with Gasteiger partial charge >= 0.3 is 11.7 Å². The molecule has 0 aliphatic rings. The summed E-state index contributed by atoms with van der Waals surface area (Å²) in [4.78, 5) is 22.2. The molecule has 0 saturated carbocycles. The van der Waals surface area contributed by atoms with Crippen molar-refractivity contribution >= 4 is 38.9 Å². The van der Waals surface area contributed by atoms with Crippen molar-refractivity contribution in [3.63, 3.8) is 0 Å². The summed E-state index contributed by atoms with van der Waals surface area (Å²) >= 11 is 4.72. The van der Waals surface area contributed by atoms with Gasteiger partial charge in [-0.2, -0.15) is 0 Å². The van der Waals surface area contributed by atoms with Crippen molar-refractivity contribution in [1.29, 1.82) is 0 Å². The number of nitrogens with zero attached hydrogens (tertiary/aromatic N) is 1. The minimum Gasteiger partial charge on any atom is -0.480 e. The molecule has 0 aliphatic carbocycles. The van der Waals surface area contributed by atoms with E-state index in [1.54, 1.807) is 0 Å². The van der Waals surface area contributed by atoms with Gasteiger partial charge in [0.1, 0.15) is 12.2 Å². The second-order valence-electron chi connectivity index (χ2n) is 3.70. The lowest BCUT2D eigenvalue weighted by Crippen LogP contribution is -2.05. The summed E-state index contributed by atoms with van der Waals surface area (Å²) < 4.78 is 6.19. The summed E-state index contributed by atoms with van der Waals surface area (Å²) in [5.41, 5.74) is -0.593. The Labute approximate surface area is 125 Å². The lowest BCUT2D eigenvalue weighted by molar-refractivity contribution is -0.386. The summed E-state index contributed by atoms with van der Waals surface area (Å²) in [6.07, 6.45) is 0. The number of ether oxygens (including phenoxy) is 1. The van der Waals surface area contributed by atoms with E-state index in [0.29, 0.717) is 0 Å². The molecule has 0 saturated heterocycles. The predicted molar refractivity (Wildman–Crippen MR) is 76.4 cm³/mol. The first-order valence-corrected chi connectivity index (χ1v) is 7.03. The van der Waals surface area contributed by atoms with Crippen molar-refractivity contribution in [3.05, 3.63) is 54.7 Å². The van der Waals surface area contributed by atoms with E-state index in [1.165, 1.54) is 29.5 Å². The van der Waals surface area contributed by atoms with Gasteiger partial charge in [-0.15, -0.1) is 11.3 Å². The zero-order valence-corrected chi connectivity index (χ0v) is 12.3. The number of rotatable bonds is 5. The highest BCUT2D eigenvalue weighted by molar-refractivity contribution is 9.10. The molecule has 6 nitrogen and oxygen atoms in total. The van der Waals surface area contributed by atoms with Crippen molar-refractivity contribution in [3.8, 4) is 5.75 Å². The van der Waals surface area contributed by atoms with Crippen LogP contribution in [0.2, 0.25) is 0 Å². The molecule has 104 valence electrons. The lowest BCUT2D eigenvalue weighted by atomic mass is 10.1. The van der Waals surface area contributed by atoms with Gasteiger partial charge in [-0.3, -0.25) is 10.1 Å². The van der Waals surface area contributed by atoms with Crippen molar-refractivity contribution in [2.75, 3.05) is 0 Å². The van der Waals surface area contributed by atoms with Crippen LogP contribution >= 0.6 is 27.3 Å². The average molecular weight is 358 g/mol. The van der Waals surface area contributed by atoms with E-state index < -0.39 is 10.9 Å². The van der Waals surface area contributed by atoms with E-state index in [2.05, 4.69) is 15.9 Å². The van der Waals surface area contributed by atoms with Gasteiger partial charge in [0.25, 0.3) is 0 Å². The second kappa shape index (κ2) is 6.02. The molecule has 2 rings (SSSR count). The van der Waals surface area contributed by atoms with Crippen molar-refractivity contribution in [1.82, 2.24) is 0 Å². The third-order valence-corrected chi connectivity index (χ3v) is 4.36. The zero-order chi connectivity index (χ0) is 14.7. The van der Waals surface area contributed by atoms with Crippen LogP contribution < -0.4 is 4.74 Å². The molecule has 0 amide bonds. The maximum absolute atomic E-state index is 11.1. The molecule has 0 atom stereocenters. The van der Waals surface area contributed by atoms with Crippen molar-refractivity contribution in [2.24, 2.45) is 0 Å². The number of para-hydroxylation sites is 1. The van der Waals surface area contributed by atoms with Crippen LogP contribution in [0.4, 0.5) is 5.69 Å². The van der Waals surface area contributed by atoms with Crippen LogP contribution in [0.5, 0.6) is 5.75 Å². The van der Waals surface area contributed by atoms with Crippen LogP contribution in [-0.4, -0.2) is 16.0 Å². The molecule has 1 N–H and O–H groups in total. The Kier molecular flexibility index (Phi) is 4.35. The topological polar surface area (TPSA) is 89.7 Å². The number of carboxylic acids is 1. The van der Waals surface area contributed by atoms with Crippen LogP contribution in [0.25, 0.3) is 0 Å². The van der Waals surface area contributed by atoms with Crippen LogP contribution in [0.1, 0.15) is 15.2 Å². The number of nitro groups is 1. The average Bonchev–Trinajstić information content (AvgIpc) is 2.81. The van der Waals surface area contributed by atoms with E-state index in [0.717, 1.165) is 9.35 Å². The number of benzene rings is 1. The quantitative estimate of drug-likeness (QED) is 0.650. The van der Waals surface area contributed by atoms with Crippen molar-refractivity contribution < 1.29 is 19.6 Å². The first kappa shape index (κ1) is 14.5. The number of halogens is 1. The van der Waals surface area contributed by atoms with Gasteiger partial charge in [0, 0.05) is 10.5 Å². The SMILES string of the molecule is O=C(O)c1cccc([N+](=O)[O-])c1OCc1sccc1Br. The molecular formula is C12H8BrNO5S. The Bertz CT molecular complexity index is 637. The molecular weight excluding hydrogens is 350 g/mol. The molecule has 1 aromatic heterocycles. The van der Waals surface area contributed by atoms with E-state index in [9.17, 15) is 14.9 Å². The largest absolute Gasteiger partial charge is 0.480 e. The molecule has 2 aromatic rings. The van der Waals surface area contributed by atoms with Gasteiger partial charge in [0.15, 0.2) is 0 Å². The molecule has 0 unspecified atom stereocenters. The predicted octanol–water partition coefficient (Wildman–Crippen LogP) is 3.70. The number of carbonyl (C=O) groups is 1. The fourth-order valence-electron chi connectivity index (χ4n) is 1.55. The standard InChI is InChI=1S/C12H8BrNO5S/c13-8-4-5-20-10(8)6-19-11-7(12(15)16)2-1-3-9(11)14(17)18/h1-5H,6H2,(H,15,16). The van der Waals surface area contributed by atoms with Crippen molar-refractivity contribution in [2.45, 2.75) is 6.61 Å². The first-order valence-electron chi connectivity index (χ1n) is 5.36. The van der Waals surface area contributed by atoms with E-state index >= 15 is 0 Å². The number of aromatic carboxylic acids is 1. The molecule has 1 aromatic carbocycles. The Balaban J connectivity index is 2.36. The summed E-state index contributed by atoms with van der Waals surface area (Å²) in [6.45, 7) is 0.0589. The van der Waals surface area contributed by atoms with E-state index in [1.807, 2.05) is 11.4 Å². The molecule has 1 heterocycles. The van der Waals surface area contributed by atoms with Crippen LogP contribution in [0.3, 0.4) is 0 Å². The van der Waals surface area contributed by atoms with Crippen LogP contribution in [-0.2, 0) is 6.61 Å². The van der Waals surface area contributed by atoms with E-state index in [4.69, 9.17) is 9.84 Å². The molecule has 0 aliphatic heterocycles. The zero-order valence-electron chi connectivity index (χ0n) is 9.91. The highest BCUT2D eigenvalue weighted by Crippen LogP contribution is 2.33. The first-order chi connectivity index (χ1) is 9.50. The Hall–Kier alpha value is -1.93. The monoisotopic (exact) mass is 357 g/mol. The minimum absolute atomic E-state index is 0.0589. The maximum Gasteiger partial charge on any atom is 0.339 e. The molecule has 0 bridgehead atoms. The molecule has 0 fully saturated rings. The smallest absolute Gasteiger partial charge is 0.339 e. The number of carboxylic acid groups (broad SMARTS) is 1. The third-order valence-electron chi connectivity index (χ3n) is 2.46. The van der Waals surface area contributed by atoms with Gasteiger partial charge in [-0.1, -0.05) is 6.07 Å². The highest BCUT2D eigenvalue weighted by atomic mass is 79.9. The molecule has 20 heavy (non-hydrogen) atoms. The summed E-state index contributed by atoms with van der Waals surface area (Å²) in [6, 6.07) is 5.62. The Morgan fingerprint density at radius 1 is 1.45 bits per heavy atom. The Morgan fingerprint density at radius 2 is 2.20 bits per heavy atom. The van der Waals surface area contributed by atoms with Gasteiger partial charge in [0.2, 0.25) is 5.75 Å². The molecule has 0 spiro atoms. The number of hydrogen-bond donors (Lipinski definition) is 1. The molecule has 8 heteroatoms. The van der Waals surface area contributed by atoms with Gasteiger partial charge in [0.05, 0.1) is 9.80 Å². The van der Waals surface area contributed by atoms with Crippen LogP contribution in [0.15, 0.2) is 34.1 Å². The summed E-state index contributed by atoms with van der Waals surface area (Å²) in [7, 11) is 0. The molecule has 0 radical (unpaired) electrons. The maximum atomic E-state index is 11.1. The second-order valence-corrected chi connectivity index (χ2v) is 5.55. The van der Waals surface area contributed by atoms with Gasteiger partial charge in [-0.25, -0.2) is 4.79 Å². The van der Waals surface area contributed by atoms with Crippen LogP contribution in [0, 0.1) is 10.1 Å². The lowest BCUT2D eigenvalue weighted by Gasteiger charge is -2.08.